The molecule has 0 unspecified atom stereocenters. The molecule has 10 heteroatoms. The van der Waals surface area contributed by atoms with Gasteiger partial charge in [-0.15, -0.1) is 0 Å². The van der Waals surface area contributed by atoms with Gasteiger partial charge in [0.05, 0.1) is 24.6 Å². The molecule has 2 fully saturated rings. The van der Waals surface area contributed by atoms with Crippen LogP contribution < -0.4 is 21.1 Å². The molecule has 1 amide bonds. The third kappa shape index (κ3) is 4.34. The van der Waals surface area contributed by atoms with Crippen molar-refractivity contribution in [1.29, 1.82) is 0 Å². The number of hydrogen-bond donors (Lipinski definition) is 3. The number of amides is 1. The number of ether oxygens (including phenoxy) is 1. The summed E-state index contributed by atoms with van der Waals surface area (Å²) < 4.78 is 4.94. The van der Waals surface area contributed by atoms with Gasteiger partial charge in [-0.3, -0.25) is 9.69 Å². The number of aromatic nitrogens is 4. The monoisotopic (exact) mass is 435 g/mol. The summed E-state index contributed by atoms with van der Waals surface area (Å²) in [6.45, 7) is 1.73. The minimum absolute atomic E-state index is 0.170. The Labute approximate surface area is 184 Å². The summed E-state index contributed by atoms with van der Waals surface area (Å²) >= 11 is 0. The van der Waals surface area contributed by atoms with Crippen molar-refractivity contribution in [2.45, 2.75) is 31.7 Å². The van der Waals surface area contributed by atoms with Crippen LogP contribution in [0, 0.1) is 5.92 Å². The Morgan fingerprint density at radius 3 is 2.66 bits per heavy atom. The van der Waals surface area contributed by atoms with Crippen molar-refractivity contribution in [3.63, 3.8) is 0 Å². The molecule has 0 spiro atoms. The topological polar surface area (TPSA) is 125 Å². The van der Waals surface area contributed by atoms with Crippen LogP contribution in [0.15, 0.2) is 41.6 Å². The summed E-state index contributed by atoms with van der Waals surface area (Å²) in [6, 6.07) is 6.05. The van der Waals surface area contributed by atoms with Crippen molar-refractivity contribution >= 4 is 34.4 Å². The van der Waals surface area contributed by atoms with Crippen LogP contribution in [-0.2, 0) is 4.74 Å². The van der Waals surface area contributed by atoms with Gasteiger partial charge in [0.25, 0.3) is 5.56 Å². The third-order valence-electron chi connectivity index (χ3n) is 6.08. The lowest BCUT2D eigenvalue weighted by molar-refractivity contribution is 0.181. The molecule has 1 saturated heterocycles. The molecule has 3 N–H and O–H groups in total. The van der Waals surface area contributed by atoms with E-state index in [9.17, 15) is 9.59 Å². The molecule has 32 heavy (non-hydrogen) atoms. The standard InChI is InChI=1S/C22H25N7O3/c30-20-19-15(7-8-23-20)3-6-18(28-19)27-16-4-1-14(2-5-16)11-24-21-25-12-17(13-26-21)29-9-10-32-22(29)31/h3,6-8,12-14,16H,1-2,4-5,9-11H2,(H,23,30)(H,27,28)(H,24,25,26). The Hall–Kier alpha value is -3.69. The number of rotatable bonds is 6. The highest BCUT2D eigenvalue weighted by atomic mass is 16.6. The molecule has 0 atom stereocenters. The van der Waals surface area contributed by atoms with E-state index in [0.717, 1.165) is 43.4 Å². The fourth-order valence-electron chi connectivity index (χ4n) is 4.28. The Balaban J connectivity index is 1.10. The molecule has 10 nitrogen and oxygen atoms in total. The molecule has 5 rings (SSSR count). The van der Waals surface area contributed by atoms with E-state index < -0.39 is 0 Å². The van der Waals surface area contributed by atoms with E-state index in [2.05, 4.69) is 30.6 Å². The van der Waals surface area contributed by atoms with Gasteiger partial charge in [-0.1, -0.05) is 0 Å². The minimum atomic E-state index is -0.356. The van der Waals surface area contributed by atoms with Crippen molar-refractivity contribution in [3.8, 4) is 0 Å². The molecule has 1 aliphatic heterocycles. The van der Waals surface area contributed by atoms with Crippen LogP contribution in [0.4, 0.5) is 22.2 Å². The summed E-state index contributed by atoms with van der Waals surface area (Å²) in [5.41, 5.74) is 0.938. The van der Waals surface area contributed by atoms with Crippen LogP contribution in [0.2, 0.25) is 0 Å². The molecule has 0 radical (unpaired) electrons. The minimum Gasteiger partial charge on any atom is -0.447 e. The van der Waals surface area contributed by atoms with Crippen molar-refractivity contribution in [1.82, 2.24) is 19.9 Å². The second-order valence-corrected chi connectivity index (χ2v) is 8.21. The van der Waals surface area contributed by atoms with E-state index >= 15 is 0 Å². The average Bonchev–Trinajstić information content (AvgIpc) is 3.25. The largest absolute Gasteiger partial charge is 0.447 e. The van der Waals surface area contributed by atoms with Gasteiger partial charge < -0.3 is 20.4 Å². The maximum atomic E-state index is 12.0. The zero-order valence-corrected chi connectivity index (χ0v) is 17.6. The molecular weight excluding hydrogens is 410 g/mol. The van der Waals surface area contributed by atoms with Crippen LogP contribution in [0.3, 0.4) is 0 Å². The van der Waals surface area contributed by atoms with Crippen molar-refractivity contribution < 1.29 is 9.53 Å². The Bertz CT molecular complexity index is 1160. The van der Waals surface area contributed by atoms with Crippen LogP contribution >= 0.6 is 0 Å². The first kappa shape index (κ1) is 20.2. The van der Waals surface area contributed by atoms with Crippen molar-refractivity contribution in [2.24, 2.45) is 5.92 Å². The molecule has 1 aliphatic carbocycles. The number of carbonyl (C=O) groups excluding carboxylic acids is 1. The lowest BCUT2D eigenvalue weighted by Crippen LogP contribution is -2.29. The predicted molar refractivity (Wildman–Crippen MR) is 121 cm³/mol. The number of carbonyl (C=O) groups is 1. The van der Waals surface area contributed by atoms with Crippen molar-refractivity contribution in [3.05, 3.63) is 47.1 Å². The van der Waals surface area contributed by atoms with Crippen LogP contribution in [0.25, 0.3) is 10.9 Å². The zero-order valence-electron chi connectivity index (χ0n) is 17.6. The second-order valence-electron chi connectivity index (χ2n) is 8.21. The SMILES string of the molecule is O=C1OCCN1c1cnc(NCC2CCC(Nc3ccc4cc[nH]c(=O)c4n3)CC2)nc1. The van der Waals surface area contributed by atoms with Gasteiger partial charge in [-0.25, -0.2) is 19.7 Å². The van der Waals surface area contributed by atoms with Gasteiger partial charge in [-0.05, 0) is 49.8 Å². The van der Waals surface area contributed by atoms with Gasteiger partial charge >= 0.3 is 6.09 Å². The summed E-state index contributed by atoms with van der Waals surface area (Å²) in [7, 11) is 0. The molecule has 166 valence electrons. The second kappa shape index (κ2) is 8.81. The van der Waals surface area contributed by atoms with Gasteiger partial charge in [0.15, 0.2) is 0 Å². The number of fused-ring (bicyclic) bond motifs is 1. The summed E-state index contributed by atoms with van der Waals surface area (Å²) in [4.78, 5) is 40.9. The number of pyridine rings is 2. The third-order valence-corrected chi connectivity index (χ3v) is 6.08. The molecule has 0 aromatic carbocycles. The van der Waals surface area contributed by atoms with E-state index in [1.165, 1.54) is 4.90 Å². The van der Waals surface area contributed by atoms with E-state index in [-0.39, 0.29) is 11.7 Å². The number of anilines is 3. The lowest BCUT2D eigenvalue weighted by Gasteiger charge is -2.29. The summed E-state index contributed by atoms with van der Waals surface area (Å²) in [5, 5.41) is 7.62. The zero-order chi connectivity index (χ0) is 21.9. The summed E-state index contributed by atoms with van der Waals surface area (Å²) in [5.74, 6) is 1.84. The average molecular weight is 435 g/mol. The van der Waals surface area contributed by atoms with Gasteiger partial charge in [0.2, 0.25) is 5.95 Å². The van der Waals surface area contributed by atoms with E-state index in [1.54, 1.807) is 18.6 Å². The number of aromatic amines is 1. The molecule has 1 saturated carbocycles. The quantitative estimate of drug-likeness (QED) is 0.540. The molecule has 0 bridgehead atoms. The summed E-state index contributed by atoms with van der Waals surface area (Å²) in [6.07, 6.45) is 8.80. The maximum Gasteiger partial charge on any atom is 0.414 e. The first-order valence-electron chi connectivity index (χ1n) is 10.9. The number of cyclic esters (lactones) is 1. The van der Waals surface area contributed by atoms with Gasteiger partial charge in [0.1, 0.15) is 17.9 Å². The smallest absolute Gasteiger partial charge is 0.414 e. The first-order chi connectivity index (χ1) is 15.7. The highest BCUT2D eigenvalue weighted by Gasteiger charge is 2.24. The van der Waals surface area contributed by atoms with Gasteiger partial charge in [0, 0.05) is 24.2 Å². The predicted octanol–water partition coefficient (Wildman–Crippen LogP) is 2.75. The number of H-pyrrole nitrogens is 1. The molecule has 3 aromatic rings. The highest BCUT2D eigenvalue weighted by Crippen LogP contribution is 2.27. The highest BCUT2D eigenvalue weighted by molar-refractivity contribution is 5.88. The van der Waals surface area contributed by atoms with Crippen LogP contribution in [0.5, 0.6) is 0 Å². The Kier molecular flexibility index (Phi) is 5.57. The Morgan fingerprint density at radius 2 is 1.91 bits per heavy atom. The number of nitrogens with zero attached hydrogens (tertiary/aromatic N) is 4. The van der Waals surface area contributed by atoms with Gasteiger partial charge in [-0.2, -0.15) is 0 Å². The Morgan fingerprint density at radius 1 is 1.09 bits per heavy atom. The van der Waals surface area contributed by atoms with Crippen LogP contribution in [-0.4, -0.2) is 51.8 Å². The van der Waals surface area contributed by atoms with E-state index in [0.29, 0.717) is 42.3 Å². The first-order valence-corrected chi connectivity index (χ1v) is 10.9. The molecule has 3 aromatic heterocycles. The molecule has 4 heterocycles. The van der Waals surface area contributed by atoms with Crippen LogP contribution in [0.1, 0.15) is 25.7 Å². The van der Waals surface area contributed by atoms with E-state index in [4.69, 9.17) is 4.74 Å². The fourth-order valence-corrected chi connectivity index (χ4v) is 4.28. The molecule has 2 aliphatic rings. The van der Waals surface area contributed by atoms with Crippen molar-refractivity contribution in [2.75, 3.05) is 35.2 Å². The maximum absolute atomic E-state index is 12.0. The number of hydrogen-bond acceptors (Lipinski definition) is 8. The molecular formula is C22H25N7O3. The normalized spacial score (nSPS) is 20.9. The fraction of sp³-hybridized carbons (Fsp3) is 0.409. The van der Waals surface area contributed by atoms with E-state index in [1.807, 2.05) is 18.2 Å². The number of nitrogens with one attached hydrogen (secondary N) is 3. The lowest BCUT2D eigenvalue weighted by atomic mass is 9.86.